The third-order valence-corrected chi connectivity index (χ3v) is 4.83. The Kier molecular flexibility index (Phi) is 5.68. The molecule has 1 fully saturated rings. The van der Waals surface area contributed by atoms with Crippen LogP contribution in [-0.2, 0) is 10.2 Å². The van der Waals surface area contributed by atoms with Crippen molar-refractivity contribution < 1.29 is 9.53 Å². The summed E-state index contributed by atoms with van der Waals surface area (Å²) < 4.78 is 5.85. The molecular weight excluding hydrogens is 338 g/mol. The van der Waals surface area contributed by atoms with E-state index < -0.39 is 6.10 Å². The van der Waals surface area contributed by atoms with E-state index in [1.54, 1.807) is 13.1 Å². The van der Waals surface area contributed by atoms with Gasteiger partial charge in [-0.2, -0.15) is 0 Å². The van der Waals surface area contributed by atoms with Crippen molar-refractivity contribution in [2.24, 2.45) is 0 Å². The van der Waals surface area contributed by atoms with Crippen molar-refractivity contribution >= 4 is 17.4 Å². The van der Waals surface area contributed by atoms with Gasteiger partial charge in [0.25, 0.3) is 5.91 Å². The molecule has 144 valence electrons. The normalized spacial score (nSPS) is 15.5. The molecule has 3 rings (SSSR count). The second kappa shape index (κ2) is 7.99. The maximum Gasteiger partial charge on any atom is 0.265 e. The van der Waals surface area contributed by atoms with Gasteiger partial charge in [-0.25, -0.2) is 4.98 Å². The monoisotopic (exact) mass is 367 g/mol. The number of hydrogen-bond acceptors (Lipinski definition) is 4. The van der Waals surface area contributed by atoms with Gasteiger partial charge < -0.3 is 15.0 Å². The maximum absolute atomic E-state index is 12.5. The largest absolute Gasteiger partial charge is 0.481 e. The lowest BCUT2D eigenvalue weighted by Gasteiger charge is -2.21. The zero-order valence-corrected chi connectivity index (χ0v) is 16.7. The van der Waals surface area contributed by atoms with Crippen LogP contribution < -0.4 is 15.0 Å². The standard InChI is InChI=1S/C22H29N3O2/c1-16(27-19-9-7-8-17(14-19)22(2,3)4)21(26)24-18-10-11-20(23-15-18)25-12-5-6-13-25/h7-11,14-16H,5-6,12-13H2,1-4H3,(H,24,26)/t16-/m0/s1. The number of anilines is 2. The van der Waals surface area contributed by atoms with Gasteiger partial charge in [0, 0.05) is 13.1 Å². The van der Waals surface area contributed by atoms with Crippen LogP contribution >= 0.6 is 0 Å². The zero-order chi connectivity index (χ0) is 19.4. The highest BCUT2D eigenvalue weighted by Gasteiger charge is 2.18. The van der Waals surface area contributed by atoms with E-state index in [9.17, 15) is 4.79 Å². The number of aromatic nitrogens is 1. The van der Waals surface area contributed by atoms with Gasteiger partial charge in [0.15, 0.2) is 6.10 Å². The lowest BCUT2D eigenvalue weighted by atomic mass is 9.87. The van der Waals surface area contributed by atoms with Crippen molar-refractivity contribution in [2.75, 3.05) is 23.3 Å². The molecule has 0 unspecified atom stereocenters. The van der Waals surface area contributed by atoms with Crippen molar-refractivity contribution in [1.29, 1.82) is 0 Å². The number of amides is 1. The van der Waals surface area contributed by atoms with E-state index in [4.69, 9.17) is 4.74 Å². The summed E-state index contributed by atoms with van der Waals surface area (Å²) in [6, 6.07) is 11.8. The lowest BCUT2D eigenvalue weighted by molar-refractivity contribution is -0.122. The highest BCUT2D eigenvalue weighted by Crippen LogP contribution is 2.26. The predicted molar refractivity (Wildman–Crippen MR) is 110 cm³/mol. The van der Waals surface area contributed by atoms with Crippen LogP contribution in [0, 0.1) is 0 Å². The van der Waals surface area contributed by atoms with E-state index in [-0.39, 0.29) is 11.3 Å². The zero-order valence-electron chi connectivity index (χ0n) is 16.7. The molecular formula is C22H29N3O2. The smallest absolute Gasteiger partial charge is 0.265 e. The van der Waals surface area contributed by atoms with Gasteiger partial charge in [-0.1, -0.05) is 32.9 Å². The Morgan fingerprint density at radius 3 is 2.56 bits per heavy atom. The minimum Gasteiger partial charge on any atom is -0.481 e. The summed E-state index contributed by atoms with van der Waals surface area (Å²) in [6.45, 7) is 10.3. The molecule has 1 aromatic heterocycles. The van der Waals surface area contributed by atoms with Crippen LogP contribution in [0.2, 0.25) is 0 Å². The molecule has 2 heterocycles. The molecule has 0 aliphatic carbocycles. The fourth-order valence-electron chi connectivity index (χ4n) is 3.13. The van der Waals surface area contributed by atoms with Gasteiger partial charge in [-0.05, 0) is 55.0 Å². The number of carbonyl (C=O) groups is 1. The van der Waals surface area contributed by atoms with Crippen molar-refractivity contribution in [3.63, 3.8) is 0 Å². The van der Waals surface area contributed by atoms with Crippen LogP contribution in [0.25, 0.3) is 0 Å². The molecule has 1 atom stereocenters. The molecule has 1 amide bonds. The van der Waals surface area contributed by atoms with E-state index in [2.05, 4.69) is 42.0 Å². The number of nitrogens with one attached hydrogen (secondary N) is 1. The molecule has 1 saturated heterocycles. The minimum atomic E-state index is -0.599. The molecule has 0 saturated carbocycles. The Bertz CT molecular complexity index is 775. The average molecular weight is 367 g/mol. The Labute approximate surface area is 161 Å². The third kappa shape index (κ3) is 5.00. The van der Waals surface area contributed by atoms with Gasteiger partial charge in [0.1, 0.15) is 11.6 Å². The second-order valence-electron chi connectivity index (χ2n) is 8.13. The molecule has 2 aromatic rings. The summed E-state index contributed by atoms with van der Waals surface area (Å²) in [4.78, 5) is 19.2. The summed E-state index contributed by atoms with van der Waals surface area (Å²) in [5, 5.41) is 2.88. The molecule has 1 aliphatic heterocycles. The number of nitrogens with zero attached hydrogens (tertiary/aromatic N) is 2. The van der Waals surface area contributed by atoms with E-state index in [0.717, 1.165) is 18.9 Å². The molecule has 5 nitrogen and oxygen atoms in total. The molecule has 1 N–H and O–H groups in total. The summed E-state index contributed by atoms with van der Waals surface area (Å²) in [5.41, 5.74) is 1.89. The first kappa shape index (κ1) is 19.2. The van der Waals surface area contributed by atoms with E-state index in [1.807, 2.05) is 30.3 Å². The van der Waals surface area contributed by atoms with Crippen molar-refractivity contribution in [1.82, 2.24) is 4.98 Å². The molecule has 0 spiro atoms. The van der Waals surface area contributed by atoms with Crippen LogP contribution in [0.15, 0.2) is 42.6 Å². The van der Waals surface area contributed by atoms with Crippen LogP contribution in [0.4, 0.5) is 11.5 Å². The SMILES string of the molecule is C[C@H](Oc1cccc(C(C)(C)C)c1)C(=O)Nc1ccc(N2CCCC2)nc1. The van der Waals surface area contributed by atoms with Crippen LogP contribution in [0.1, 0.15) is 46.1 Å². The van der Waals surface area contributed by atoms with E-state index in [1.165, 1.54) is 18.4 Å². The second-order valence-corrected chi connectivity index (χ2v) is 8.13. The molecule has 27 heavy (non-hydrogen) atoms. The van der Waals surface area contributed by atoms with Crippen LogP contribution in [-0.4, -0.2) is 30.1 Å². The Hall–Kier alpha value is -2.56. The molecule has 0 radical (unpaired) electrons. The van der Waals surface area contributed by atoms with Gasteiger partial charge in [-0.3, -0.25) is 4.79 Å². The fraction of sp³-hybridized carbons (Fsp3) is 0.455. The first-order valence-corrected chi connectivity index (χ1v) is 9.62. The lowest BCUT2D eigenvalue weighted by Crippen LogP contribution is -2.30. The number of rotatable bonds is 5. The Morgan fingerprint density at radius 1 is 1.19 bits per heavy atom. The number of hydrogen-bond donors (Lipinski definition) is 1. The number of ether oxygens (including phenoxy) is 1. The number of benzene rings is 1. The number of carbonyl (C=O) groups excluding carboxylic acids is 1. The average Bonchev–Trinajstić information content (AvgIpc) is 3.16. The molecule has 1 aromatic carbocycles. The highest BCUT2D eigenvalue weighted by molar-refractivity contribution is 5.94. The van der Waals surface area contributed by atoms with Crippen LogP contribution in [0.3, 0.4) is 0 Å². The summed E-state index contributed by atoms with van der Waals surface area (Å²) >= 11 is 0. The first-order chi connectivity index (χ1) is 12.8. The maximum atomic E-state index is 12.5. The van der Waals surface area contributed by atoms with Gasteiger partial charge in [0.05, 0.1) is 11.9 Å². The fourth-order valence-corrected chi connectivity index (χ4v) is 3.13. The van der Waals surface area contributed by atoms with Crippen LogP contribution in [0.5, 0.6) is 5.75 Å². The molecule has 5 heteroatoms. The third-order valence-electron chi connectivity index (χ3n) is 4.83. The Morgan fingerprint density at radius 2 is 1.93 bits per heavy atom. The van der Waals surface area contributed by atoms with Gasteiger partial charge >= 0.3 is 0 Å². The molecule has 1 aliphatic rings. The highest BCUT2D eigenvalue weighted by atomic mass is 16.5. The predicted octanol–water partition coefficient (Wildman–Crippen LogP) is 4.39. The summed E-state index contributed by atoms with van der Waals surface area (Å²) in [5.74, 6) is 1.48. The van der Waals surface area contributed by atoms with E-state index in [0.29, 0.717) is 11.4 Å². The number of pyridine rings is 1. The van der Waals surface area contributed by atoms with Crippen molar-refractivity contribution in [3.05, 3.63) is 48.2 Å². The topological polar surface area (TPSA) is 54.5 Å². The first-order valence-electron chi connectivity index (χ1n) is 9.62. The summed E-state index contributed by atoms with van der Waals surface area (Å²) in [7, 11) is 0. The van der Waals surface area contributed by atoms with Gasteiger partial charge in [0.2, 0.25) is 0 Å². The Balaban J connectivity index is 1.59. The summed E-state index contributed by atoms with van der Waals surface area (Å²) in [6.07, 6.45) is 3.54. The van der Waals surface area contributed by atoms with Crippen molar-refractivity contribution in [3.8, 4) is 5.75 Å². The molecule has 0 bridgehead atoms. The quantitative estimate of drug-likeness (QED) is 0.852. The van der Waals surface area contributed by atoms with Gasteiger partial charge in [-0.15, -0.1) is 0 Å². The van der Waals surface area contributed by atoms with E-state index >= 15 is 0 Å². The minimum absolute atomic E-state index is 0.0353. The van der Waals surface area contributed by atoms with Crippen molar-refractivity contribution in [2.45, 2.75) is 52.1 Å².